The number of hydrogen-bond donors (Lipinski definition) is 1. The minimum absolute atomic E-state index is 0.149. The summed E-state index contributed by atoms with van der Waals surface area (Å²) in [6.45, 7) is 1.56. The minimum atomic E-state index is -2.70. The van der Waals surface area contributed by atoms with Gasteiger partial charge in [-0.3, -0.25) is 4.79 Å². The Morgan fingerprint density at radius 2 is 2.31 bits per heavy atom. The molecule has 13 heavy (non-hydrogen) atoms. The Labute approximate surface area is 75.9 Å². The van der Waals surface area contributed by atoms with Crippen LogP contribution in [-0.4, -0.2) is 36.4 Å². The Morgan fingerprint density at radius 3 is 2.69 bits per heavy atom. The van der Waals surface area contributed by atoms with Gasteiger partial charge in [0, 0.05) is 25.4 Å². The van der Waals surface area contributed by atoms with Crippen LogP contribution < -0.4 is 5.73 Å². The molecule has 2 N–H and O–H groups in total. The maximum absolute atomic E-state index is 12.7. The highest BCUT2D eigenvalue weighted by Crippen LogP contribution is 2.27. The summed E-state index contributed by atoms with van der Waals surface area (Å²) in [6, 6.07) is 0. The van der Waals surface area contributed by atoms with Crippen LogP contribution in [0, 0.1) is 5.92 Å². The summed E-state index contributed by atoms with van der Waals surface area (Å²) in [7, 11) is 0. The van der Waals surface area contributed by atoms with Gasteiger partial charge >= 0.3 is 0 Å². The van der Waals surface area contributed by atoms with E-state index in [1.807, 2.05) is 0 Å². The first kappa shape index (κ1) is 10.4. The fraction of sp³-hybridized carbons (Fsp3) is 0.875. The molecule has 1 atom stereocenters. The molecular weight excluding hydrogens is 178 g/mol. The standard InChI is InChI=1S/C8H14F2N2O/c1-6(4-11)7(13)12-3-2-8(9,10)5-12/h6H,2-5,11H2,1H3. The number of likely N-dealkylation sites (tertiary alicyclic amines) is 1. The average Bonchev–Trinajstić information content (AvgIpc) is 2.43. The van der Waals surface area contributed by atoms with E-state index in [2.05, 4.69) is 0 Å². The summed E-state index contributed by atoms with van der Waals surface area (Å²) in [4.78, 5) is 12.6. The van der Waals surface area contributed by atoms with Gasteiger partial charge in [-0.15, -0.1) is 0 Å². The second-order valence-corrected chi connectivity index (χ2v) is 3.50. The first-order valence-electron chi connectivity index (χ1n) is 4.33. The van der Waals surface area contributed by atoms with Gasteiger partial charge in [0.05, 0.1) is 6.54 Å². The Kier molecular flexibility index (Phi) is 2.85. The van der Waals surface area contributed by atoms with Crippen molar-refractivity contribution < 1.29 is 13.6 Å². The zero-order valence-corrected chi connectivity index (χ0v) is 7.59. The Hall–Kier alpha value is -0.710. The number of nitrogens with two attached hydrogens (primary N) is 1. The van der Waals surface area contributed by atoms with Crippen molar-refractivity contribution in [2.75, 3.05) is 19.6 Å². The van der Waals surface area contributed by atoms with Gasteiger partial charge in [-0.2, -0.15) is 0 Å². The smallest absolute Gasteiger partial charge is 0.267 e. The van der Waals surface area contributed by atoms with Crippen LogP contribution in [0.25, 0.3) is 0 Å². The Bertz CT molecular complexity index is 208. The van der Waals surface area contributed by atoms with Crippen LogP contribution in [0.2, 0.25) is 0 Å². The van der Waals surface area contributed by atoms with Crippen molar-refractivity contribution in [1.82, 2.24) is 4.90 Å². The highest BCUT2D eigenvalue weighted by atomic mass is 19.3. The van der Waals surface area contributed by atoms with Crippen LogP contribution in [-0.2, 0) is 4.79 Å². The van der Waals surface area contributed by atoms with Gasteiger partial charge in [0.25, 0.3) is 5.92 Å². The monoisotopic (exact) mass is 192 g/mol. The van der Waals surface area contributed by atoms with E-state index in [1.165, 1.54) is 4.90 Å². The molecule has 0 spiro atoms. The highest BCUT2D eigenvalue weighted by Gasteiger charge is 2.40. The summed E-state index contributed by atoms with van der Waals surface area (Å²) in [5.41, 5.74) is 5.27. The van der Waals surface area contributed by atoms with Gasteiger partial charge in [0.2, 0.25) is 5.91 Å². The number of hydrogen-bond acceptors (Lipinski definition) is 2. The SMILES string of the molecule is CC(CN)C(=O)N1CCC(F)(F)C1. The molecule has 0 saturated carbocycles. The first-order chi connectivity index (χ1) is 5.96. The second kappa shape index (κ2) is 3.57. The molecule has 0 aromatic rings. The lowest BCUT2D eigenvalue weighted by molar-refractivity contribution is -0.135. The molecule has 0 bridgehead atoms. The van der Waals surface area contributed by atoms with Crippen LogP contribution in [0.5, 0.6) is 0 Å². The lowest BCUT2D eigenvalue weighted by Crippen LogP contribution is -2.37. The number of halogens is 2. The van der Waals surface area contributed by atoms with Crippen LogP contribution in [0.15, 0.2) is 0 Å². The molecule has 1 heterocycles. The Morgan fingerprint density at radius 1 is 1.69 bits per heavy atom. The van der Waals surface area contributed by atoms with E-state index < -0.39 is 12.5 Å². The molecular formula is C8H14F2N2O. The molecule has 1 rings (SSSR count). The molecule has 1 aliphatic heterocycles. The summed E-state index contributed by atoms with van der Waals surface area (Å²) >= 11 is 0. The predicted molar refractivity (Wildman–Crippen MR) is 44.4 cm³/mol. The van der Waals surface area contributed by atoms with Gasteiger partial charge in [-0.1, -0.05) is 6.92 Å². The van der Waals surface area contributed by atoms with E-state index >= 15 is 0 Å². The van der Waals surface area contributed by atoms with Gasteiger partial charge in [0.15, 0.2) is 0 Å². The van der Waals surface area contributed by atoms with Gasteiger partial charge in [0.1, 0.15) is 0 Å². The van der Waals surface area contributed by atoms with E-state index in [0.29, 0.717) is 0 Å². The average molecular weight is 192 g/mol. The fourth-order valence-electron chi connectivity index (χ4n) is 1.34. The van der Waals surface area contributed by atoms with Crippen LogP contribution in [0.1, 0.15) is 13.3 Å². The fourth-order valence-corrected chi connectivity index (χ4v) is 1.34. The van der Waals surface area contributed by atoms with E-state index in [-0.39, 0.29) is 31.3 Å². The molecule has 1 saturated heterocycles. The number of alkyl halides is 2. The number of amides is 1. The molecule has 0 aliphatic carbocycles. The van der Waals surface area contributed by atoms with Gasteiger partial charge < -0.3 is 10.6 Å². The van der Waals surface area contributed by atoms with E-state index in [4.69, 9.17) is 5.73 Å². The van der Waals surface area contributed by atoms with Crippen molar-refractivity contribution in [3.05, 3.63) is 0 Å². The second-order valence-electron chi connectivity index (χ2n) is 3.50. The molecule has 1 amide bonds. The maximum atomic E-state index is 12.7. The molecule has 1 unspecified atom stereocenters. The predicted octanol–water partition coefficient (Wildman–Crippen LogP) is 0.449. The molecule has 0 aromatic heterocycles. The minimum Gasteiger partial charge on any atom is -0.336 e. The zero-order chi connectivity index (χ0) is 10.1. The first-order valence-corrected chi connectivity index (χ1v) is 4.33. The largest absolute Gasteiger partial charge is 0.336 e. The van der Waals surface area contributed by atoms with Crippen molar-refractivity contribution in [1.29, 1.82) is 0 Å². The van der Waals surface area contributed by atoms with E-state index in [1.54, 1.807) is 6.92 Å². The van der Waals surface area contributed by atoms with Gasteiger partial charge in [-0.25, -0.2) is 8.78 Å². The number of nitrogens with zero attached hydrogens (tertiary/aromatic N) is 1. The quantitative estimate of drug-likeness (QED) is 0.690. The summed E-state index contributed by atoms with van der Waals surface area (Å²) in [5.74, 6) is -3.32. The molecule has 1 fully saturated rings. The van der Waals surface area contributed by atoms with Crippen LogP contribution >= 0.6 is 0 Å². The van der Waals surface area contributed by atoms with E-state index in [9.17, 15) is 13.6 Å². The summed E-state index contributed by atoms with van der Waals surface area (Å²) in [5, 5.41) is 0. The highest BCUT2D eigenvalue weighted by molar-refractivity contribution is 5.79. The third-order valence-electron chi connectivity index (χ3n) is 2.26. The third kappa shape index (κ3) is 2.37. The van der Waals surface area contributed by atoms with Crippen molar-refractivity contribution in [2.24, 2.45) is 11.7 Å². The number of carbonyl (C=O) groups excluding carboxylic acids is 1. The lowest BCUT2D eigenvalue weighted by atomic mass is 10.1. The van der Waals surface area contributed by atoms with Crippen molar-refractivity contribution >= 4 is 5.91 Å². The molecule has 3 nitrogen and oxygen atoms in total. The lowest BCUT2D eigenvalue weighted by Gasteiger charge is -2.19. The third-order valence-corrected chi connectivity index (χ3v) is 2.26. The maximum Gasteiger partial charge on any atom is 0.267 e. The van der Waals surface area contributed by atoms with Crippen molar-refractivity contribution in [2.45, 2.75) is 19.3 Å². The normalized spacial score (nSPS) is 23.2. The Balaban J connectivity index is 2.51. The molecule has 76 valence electrons. The molecule has 0 radical (unpaired) electrons. The molecule has 5 heteroatoms. The van der Waals surface area contributed by atoms with Crippen LogP contribution in [0.4, 0.5) is 8.78 Å². The van der Waals surface area contributed by atoms with Crippen molar-refractivity contribution in [3.63, 3.8) is 0 Å². The van der Waals surface area contributed by atoms with Gasteiger partial charge in [-0.05, 0) is 0 Å². The number of rotatable bonds is 2. The van der Waals surface area contributed by atoms with Crippen molar-refractivity contribution in [3.8, 4) is 0 Å². The molecule has 1 aliphatic rings. The summed E-state index contributed by atoms with van der Waals surface area (Å²) < 4.78 is 25.4. The van der Waals surface area contributed by atoms with E-state index in [0.717, 1.165) is 0 Å². The molecule has 0 aromatic carbocycles. The van der Waals surface area contributed by atoms with Crippen LogP contribution in [0.3, 0.4) is 0 Å². The number of carbonyl (C=O) groups is 1. The topological polar surface area (TPSA) is 46.3 Å². The zero-order valence-electron chi connectivity index (χ0n) is 7.59. The summed E-state index contributed by atoms with van der Waals surface area (Å²) in [6.07, 6.45) is -0.226.